The molecule has 1 saturated carbocycles. The molecule has 8 nitrogen and oxygen atoms in total. The number of ether oxygens (including phenoxy) is 1. The lowest BCUT2D eigenvalue weighted by molar-refractivity contribution is -0.199. The number of nitrogens with one attached hydrogen (secondary N) is 1. The first-order valence-electron chi connectivity index (χ1n) is 9.23. The van der Waals surface area contributed by atoms with Crippen molar-refractivity contribution in [2.45, 2.75) is 83.8 Å². The van der Waals surface area contributed by atoms with Crippen molar-refractivity contribution in [3.63, 3.8) is 0 Å². The van der Waals surface area contributed by atoms with Crippen LogP contribution in [0.15, 0.2) is 0 Å². The summed E-state index contributed by atoms with van der Waals surface area (Å²) in [5, 5.41) is 3.05. The van der Waals surface area contributed by atoms with Crippen LogP contribution in [-0.2, 0) is 24.0 Å². The monoisotopic (exact) mass is 368 g/mol. The second kappa shape index (κ2) is 8.51. The Kier molecular flexibility index (Phi) is 6.61. The lowest BCUT2D eigenvalue weighted by atomic mass is 9.85. The van der Waals surface area contributed by atoms with E-state index < -0.39 is 35.5 Å². The topological polar surface area (TPSA) is 102 Å². The van der Waals surface area contributed by atoms with Crippen LogP contribution in [0.25, 0.3) is 0 Å². The van der Waals surface area contributed by atoms with Gasteiger partial charge < -0.3 is 14.9 Å². The molecule has 1 heterocycles. The van der Waals surface area contributed by atoms with Gasteiger partial charge in [-0.25, -0.2) is 9.59 Å². The number of imide groups is 1. The summed E-state index contributed by atoms with van der Waals surface area (Å²) in [6.07, 6.45) is 5.01. The molecule has 3 amide bonds. The predicted octanol–water partition coefficient (Wildman–Crippen LogP) is 2.46. The lowest BCUT2D eigenvalue weighted by Crippen LogP contribution is -2.47. The van der Waals surface area contributed by atoms with Crippen molar-refractivity contribution in [1.29, 1.82) is 0 Å². The van der Waals surface area contributed by atoms with Crippen molar-refractivity contribution >= 4 is 23.9 Å². The average molecular weight is 368 g/mol. The summed E-state index contributed by atoms with van der Waals surface area (Å²) in [4.78, 5) is 52.9. The molecule has 0 spiro atoms. The van der Waals surface area contributed by atoms with Crippen molar-refractivity contribution in [3.05, 3.63) is 0 Å². The van der Waals surface area contributed by atoms with Crippen LogP contribution in [0, 0.1) is 5.92 Å². The SMILES string of the molecule is CC(C)(C)OC(=O)N[C@@H](CC1CCCCC1)C(=O)ON1C(=O)CCC1=O. The van der Waals surface area contributed by atoms with Crippen LogP contribution in [-0.4, -0.2) is 40.6 Å². The number of carbonyl (C=O) groups is 4. The number of alkyl carbamates (subject to hydrolysis) is 1. The maximum Gasteiger partial charge on any atom is 0.408 e. The molecule has 2 aliphatic rings. The van der Waals surface area contributed by atoms with E-state index >= 15 is 0 Å². The average Bonchev–Trinajstić information content (AvgIpc) is 2.85. The molecule has 0 aromatic rings. The molecule has 1 saturated heterocycles. The largest absolute Gasteiger partial charge is 0.444 e. The Morgan fingerprint density at radius 2 is 1.69 bits per heavy atom. The molecule has 146 valence electrons. The second-order valence-corrected chi connectivity index (χ2v) is 7.93. The molecule has 0 unspecified atom stereocenters. The van der Waals surface area contributed by atoms with E-state index in [0.717, 1.165) is 25.7 Å². The number of hydrogen-bond donors (Lipinski definition) is 1. The Hall–Kier alpha value is -2.12. The maximum atomic E-state index is 12.5. The lowest BCUT2D eigenvalue weighted by Gasteiger charge is -2.27. The third-order valence-electron chi connectivity index (χ3n) is 4.46. The van der Waals surface area contributed by atoms with Crippen LogP contribution in [0.3, 0.4) is 0 Å². The van der Waals surface area contributed by atoms with Crippen molar-refractivity contribution < 1.29 is 28.8 Å². The molecule has 0 aromatic carbocycles. The van der Waals surface area contributed by atoms with Crippen molar-refractivity contribution in [3.8, 4) is 0 Å². The molecule has 1 aliphatic heterocycles. The molecule has 1 N–H and O–H groups in total. The fraction of sp³-hybridized carbons (Fsp3) is 0.778. The first-order valence-corrected chi connectivity index (χ1v) is 9.23. The van der Waals surface area contributed by atoms with E-state index in [9.17, 15) is 19.2 Å². The summed E-state index contributed by atoms with van der Waals surface area (Å²) in [6.45, 7) is 5.17. The van der Waals surface area contributed by atoms with Gasteiger partial charge in [0.2, 0.25) is 0 Å². The molecular formula is C18H28N2O6. The zero-order valence-corrected chi connectivity index (χ0v) is 15.7. The smallest absolute Gasteiger partial charge is 0.408 e. The zero-order valence-electron chi connectivity index (χ0n) is 15.7. The van der Waals surface area contributed by atoms with Crippen LogP contribution in [0.5, 0.6) is 0 Å². The number of nitrogens with zero attached hydrogens (tertiary/aromatic N) is 1. The minimum atomic E-state index is -0.964. The number of hydrogen-bond acceptors (Lipinski definition) is 6. The molecule has 26 heavy (non-hydrogen) atoms. The zero-order chi connectivity index (χ0) is 19.3. The molecule has 0 aromatic heterocycles. The van der Waals surface area contributed by atoms with Crippen LogP contribution in [0.2, 0.25) is 0 Å². The molecule has 0 bridgehead atoms. The van der Waals surface area contributed by atoms with E-state index in [2.05, 4.69) is 5.32 Å². The summed E-state index contributed by atoms with van der Waals surface area (Å²) in [6, 6.07) is -0.964. The van der Waals surface area contributed by atoms with Gasteiger partial charge in [0.1, 0.15) is 11.6 Å². The third-order valence-corrected chi connectivity index (χ3v) is 4.46. The van der Waals surface area contributed by atoms with Crippen molar-refractivity contribution in [2.24, 2.45) is 5.92 Å². The van der Waals surface area contributed by atoms with Gasteiger partial charge in [0.15, 0.2) is 0 Å². The molecule has 0 radical (unpaired) electrons. The molecular weight excluding hydrogens is 340 g/mol. The van der Waals surface area contributed by atoms with Gasteiger partial charge in [0, 0.05) is 12.8 Å². The Balaban J connectivity index is 2.02. The number of carbonyl (C=O) groups excluding carboxylic acids is 4. The Morgan fingerprint density at radius 1 is 1.12 bits per heavy atom. The highest BCUT2D eigenvalue weighted by Crippen LogP contribution is 2.28. The minimum absolute atomic E-state index is 0.0267. The van der Waals surface area contributed by atoms with Crippen LogP contribution < -0.4 is 5.32 Å². The Morgan fingerprint density at radius 3 is 2.23 bits per heavy atom. The van der Waals surface area contributed by atoms with Crippen LogP contribution in [0.4, 0.5) is 4.79 Å². The van der Waals surface area contributed by atoms with E-state index in [0.29, 0.717) is 11.5 Å². The van der Waals surface area contributed by atoms with Gasteiger partial charge in [0.05, 0.1) is 0 Å². The summed E-state index contributed by atoms with van der Waals surface area (Å²) >= 11 is 0. The number of rotatable bonds is 5. The Labute approximate surface area is 153 Å². The molecule has 8 heteroatoms. The van der Waals surface area contributed by atoms with Crippen molar-refractivity contribution in [2.75, 3.05) is 0 Å². The minimum Gasteiger partial charge on any atom is -0.444 e. The second-order valence-electron chi connectivity index (χ2n) is 7.93. The highest BCUT2D eigenvalue weighted by molar-refractivity contribution is 6.01. The molecule has 2 fully saturated rings. The quantitative estimate of drug-likeness (QED) is 0.748. The summed E-state index contributed by atoms with van der Waals surface area (Å²) in [5.41, 5.74) is -0.704. The van der Waals surface area contributed by atoms with Crippen LogP contribution >= 0.6 is 0 Å². The van der Waals surface area contributed by atoms with Gasteiger partial charge in [0.25, 0.3) is 11.8 Å². The predicted molar refractivity (Wildman–Crippen MR) is 91.5 cm³/mol. The first-order chi connectivity index (χ1) is 12.2. The van der Waals surface area contributed by atoms with E-state index in [-0.39, 0.29) is 18.8 Å². The van der Waals surface area contributed by atoms with Gasteiger partial charge in [-0.15, -0.1) is 5.06 Å². The van der Waals surface area contributed by atoms with Gasteiger partial charge in [-0.05, 0) is 33.1 Å². The normalized spacial score (nSPS) is 20.0. The van der Waals surface area contributed by atoms with E-state index in [1.54, 1.807) is 20.8 Å². The van der Waals surface area contributed by atoms with Gasteiger partial charge >= 0.3 is 12.1 Å². The van der Waals surface area contributed by atoms with Gasteiger partial charge in [-0.3, -0.25) is 9.59 Å². The maximum absolute atomic E-state index is 12.5. The summed E-state index contributed by atoms with van der Waals surface area (Å²) < 4.78 is 5.21. The first kappa shape index (κ1) is 20.2. The number of amides is 3. The fourth-order valence-electron chi connectivity index (χ4n) is 3.23. The number of hydroxylamine groups is 2. The highest BCUT2D eigenvalue weighted by atomic mass is 16.7. The third kappa shape index (κ3) is 6.00. The standard InChI is InChI=1S/C18H28N2O6/c1-18(2,3)25-17(24)19-13(11-12-7-5-4-6-8-12)16(23)26-20-14(21)9-10-15(20)22/h12-13H,4-11H2,1-3H3,(H,19,24)/t13-/m0/s1. The van der Waals surface area contributed by atoms with E-state index in [1.165, 1.54) is 6.42 Å². The van der Waals surface area contributed by atoms with Gasteiger partial charge in [-0.2, -0.15) is 0 Å². The Bertz CT molecular complexity index is 547. The summed E-state index contributed by atoms with van der Waals surface area (Å²) in [7, 11) is 0. The highest BCUT2D eigenvalue weighted by Gasteiger charge is 2.36. The van der Waals surface area contributed by atoms with Crippen LogP contribution in [0.1, 0.15) is 72.1 Å². The molecule has 1 atom stereocenters. The van der Waals surface area contributed by atoms with Gasteiger partial charge in [-0.1, -0.05) is 32.1 Å². The van der Waals surface area contributed by atoms with Crippen molar-refractivity contribution in [1.82, 2.24) is 10.4 Å². The molecule has 1 aliphatic carbocycles. The molecule has 2 rings (SSSR count). The fourth-order valence-corrected chi connectivity index (χ4v) is 3.23. The van der Waals surface area contributed by atoms with E-state index in [4.69, 9.17) is 9.57 Å². The van der Waals surface area contributed by atoms with E-state index in [1.807, 2.05) is 0 Å². The summed E-state index contributed by atoms with van der Waals surface area (Å²) in [5.74, 6) is -1.62.